The Bertz CT molecular complexity index is 753. The molecule has 24 heavy (non-hydrogen) atoms. The van der Waals surface area contributed by atoms with Crippen molar-refractivity contribution < 1.29 is 4.79 Å². The molecule has 5 heteroatoms. The molecule has 2 bridgehead atoms. The van der Waals surface area contributed by atoms with Crippen LogP contribution in [0.15, 0.2) is 30.5 Å². The molecule has 128 valence electrons. The average Bonchev–Trinajstić information content (AvgIpc) is 3.07. The minimum atomic E-state index is 0.0323. The molecule has 2 aliphatic rings. The summed E-state index contributed by atoms with van der Waals surface area (Å²) in [6.07, 6.45) is 5.66. The van der Waals surface area contributed by atoms with Gasteiger partial charge in [0.2, 0.25) is 0 Å². The summed E-state index contributed by atoms with van der Waals surface area (Å²) in [5, 5.41) is 4.31. The number of amides is 2. The van der Waals surface area contributed by atoms with E-state index in [1.54, 1.807) is 0 Å². The van der Waals surface area contributed by atoms with Crippen LogP contribution in [0.25, 0.3) is 10.9 Å². The Labute approximate surface area is 143 Å². The van der Waals surface area contributed by atoms with Gasteiger partial charge in [-0.05, 0) is 56.8 Å². The number of hydrogen-bond donors (Lipinski definition) is 1. The SMILES string of the molecule is CCn1ccc2ccc(NC(=O)N3CCC4CCC(C3)N4C)cc21. The van der Waals surface area contributed by atoms with Crippen LogP contribution in [0.4, 0.5) is 10.5 Å². The number of likely N-dealkylation sites (tertiary alicyclic amines) is 1. The Balaban J connectivity index is 1.49. The van der Waals surface area contributed by atoms with Crippen LogP contribution in [-0.2, 0) is 6.54 Å². The third kappa shape index (κ3) is 2.67. The van der Waals surface area contributed by atoms with Crippen LogP contribution in [0.3, 0.4) is 0 Å². The first-order valence-electron chi connectivity index (χ1n) is 9.02. The molecule has 0 radical (unpaired) electrons. The summed E-state index contributed by atoms with van der Waals surface area (Å²) < 4.78 is 2.20. The lowest BCUT2D eigenvalue weighted by Crippen LogP contribution is -2.41. The number of fused-ring (bicyclic) bond motifs is 3. The van der Waals surface area contributed by atoms with Gasteiger partial charge >= 0.3 is 6.03 Å². The highest BCUT2D eigenvalue weighted by molar-refractivity contribution is 5.93. The minimum Gasteiger partial charge on any atom is -0.348 e. The van der Waals surface area contributed by atoms with Gasteiger partial charge < -0.3 is 14.8 Å². The minimum absolute atomic E-state index is 0.0323. The van der Waals surface area contributed by atoms with Gasteiger partial charge in [0.25, 0.3) is 0 Å². The van der Waals surface area contributed by atoms with Gasteiger partial charge in [0, 0.05) is 43.6 Å². The molecule has 2 saturated heterocycles. The quantitative estimate of drug-likeness (QED) is 0.919. The lowest BCUT2D eigenvalue weighted by molar-refractivity contribution is 0.200. The molecule has 0 aliphatic carbocycles. The molecule has 0 saturated carbocycles. The number of nitrogens with one attached hydrogen (secondary N) is 1. The van der Waals surface area contributed by atoms with Crippen LogP contribution >= 0.6 is 0 Å². The van der Waals surface area contributed by atoms with Crippen LogP contribution in [0.2, 0.25) is 0 Å². The second-order valence-corrected chi connectivity index (χ2v) is 7.09. The van der Waals surface area contributed by atoms with Crippen LogP contribution in [0, 0.1) is 0 Å². The van der Waals surface area contributed by atoms with Crippen LogP contribution in [0.1, 0.15) is 26.2 Å². The van der Waals surface area contributed by atoms with Crippen molar-refractivity contribution in [2.45, 2.75) is 44.8 Å². The fourth-order valence-electron chi connectivity index (χ4n) is 4.23. The molecule has 2 fully saturated rings. The van der Waals surface area contributed by atoms with Crippen molar-refractivity contribution >= 4 is 22.6 Å². The standard InChI is InChI=1S/C19H26N4O/c1-3-22-10-8-14-4-5-15(12-18(14)22)20-19(24)23-11-9-16-6-7-17(13-23)21(16)2/h4-5,8,10,12,16-17H,3,6-7,9,11,13H2,1-2H3,(H,20,24). The number of aryl methyl sites for hydroxylation is 1. The first-order chi connectivity index (χ1) is 11.7. The van der Waals surface area contributed by atoms with E-state index in [0.29, 0.717) is 12.1 Å². The number of anilines is 1. The largest absolute Gasteiger partial charge is 0.348 e. The molecule has 2 unspecified atom stereocenters. The zero-order chi connectivity index (χ0) is 16.7. The van der Waals surface area contributed by atoms with Gasteiger partial charge in [0.15, 0.2) is 0 Å². The van der Waals surface area contributed by atoms with Crippen LogP contribution in [-0.4, -0.2) is 52.6 Å². The molecular weight excluding hydrogens is 300 g/mol. The Morgan fingerprint density at radius 3 is 2.88 bits per heavy atom. The molecule has 0 spiro atoms. The highest BCUT2D eigenvalue weighted by atomic mass is 16.2. The molecule has 2 aliphatic heterocycles. The number of likely N-dealkylation sites (N-methyl/N-ethyl adjacent to an activating group) is 1. The van der Waals surface area contributed by atoms with Crippen molar-refractivity contribution in [1.29, 1.82) is 0 Å². The van der Waals surface area contributed by atoms with E-state index >= 15 is 0 Å². The van der Waals surface area contributed by atoms with E-state index in [2.05, 4.69) is 53.2 Å². The smallest absolute Gasteiger partial charge is 0.321 e. The Kier molecular flexibility index (Phi) is 3.96. The van der Waals surface area contributed by atoms with Crippen molar-refractivity contribution in [2.75, 3.05) is 25.5 Å². The number of rotatable bonds is 2. The zero-order valence-corrected chi connectivity index (χ0v) is 14.5. The number of hydrogen-bond acceptors (Lipinski definition) is 2. The van der Waals surface area contributed by atoms with Gasteiger partial charge in [-0.2, -0.15) is 0 Å². The molecule has 2 atom stereocenters. The van der Waals surface area contributed by atoms with Crippen molar-refractivity contribution in [1.82, 2.24) is 14.4 Å². The molecule has 2 amide bonds. The van der Waals surface area contributed by atoms with Crippen molar-refractivity contribution in [3.63, 3.8) is 0 Å². The predicted octanol–water partition coefficient (Wildman–Crippen LogP) is 3.36. The maximum Gasteiger partial charge on any atom is 0.321 e. The van der Waals surface area contributed by atoms with Gasteiger partial charge in [-0.3, -0.25) is 4.90 Å². The highest BCUT2D eigenvalue weighted by Gasteiger charge is 2.35. The lowest BCUT2D eigenvalue weighted by Gasteiger charge is -2.26. The molecule has 1 aromatic heterocycles. The van der Waals surface area contributed by atoms with Crippen LogP contribution in [0.5, 0.6) is 0 Å². The summed E-state index contributed by atoms with van der Waals surface area (Å²) in [4.78, 5) is 17.2. The van der Waals surface area contributed by atoms with Crippen LogP contribution < -0.4 is 5.32 Å². The van der Waals surface area contributed by atoms with E-state index in [9.17, 15) is 4.79 Å². The number of benzene rings is 1. The van der Waals surface area contributed by atoms with Gasteiger partial charge in [0.1, 0.15) is 0 Å². The van der Waals surface area contributed by atoms with E-state index in [1.165, 1.54) is 23.7 Å². The summed E-state index contributed by atoms with van der Waals surface area (Å²) in [6.45, 7) is 4.76. The summed E-state index contributed by atoms with van der Waals surface area (Å²) in [6, 6.07) is 9.47. The molecule has 1 aromatic carbocycles. The highest BCUT2D eigenvalue weighted by Crippen LogP contribution is 2.29. The van der Waals surface area contributed by atoms with E-state index < -0.39 is 0 Å². The number of carbonyl (C=O) groups is 1. The third-order valence-electron chi connectivity index (χ3n) is 5.80. The number of urea groups is 1. The second-order valence-electron chi connectivity index (χ2n) is 7.09. The molecule has 4 rings (SSSR count). The van der Waals surface area contributed by atoms with E-state index in [1.807, 2.05) is 11.0 Å². The first kappa shape index (κ1) is 15.5. The normalized spacial score (nSPS) is 24.3. The zero-order valence-electron chi connectivity index (χ0n) is 14.5. The van der Waals surface area contributed by atoms with Crippen molar-refractivity contribution in [2.24, 2.45) is 0 Å². The summed E-state index contributed by atoms with van der Waals surface area (Å²) in [7, 11) is 2.20. The fraction of sp³-hybridized carbons (Fsp3) is 0.526. The number of carbonyl (C=O) groups excluding carboxylic acids is 1. The summed E-state index contributed by atoms with van der Waals surface area (Å²) in [5.41, 5.74) is 2.05. The third-order valence-corrected chi connectivity index (χ3v) is 5.80. The monoisotopic (exact) mass is 326 g/mol. The second kappa shape index (κ2) is 6.13. The Hall–Kier alpha value is -2.01. The number of aromatic nitrogens is 1. The van der Waals surface area contributed by atoms with E-state index in [0.717, 1.165) is 31.7 Å². The van der Waals surface area contributed by atoms with E-state index in [4.69, 9.17) is 0 Å². The Morgan fingerprint density at radius 2 is 2.04 bits per heavy atom. The maximum atomic E-state index is 12.7. The van der Waals surface area contributed by atoms with Gasteiger partial charge in [-0.15, -0.1) is 0 Å². The van der Waals surface area contributed by atoms with Crippen molar-refractivity contribution in [3.05, 3.63) is 30.5 Å². The molecule has 2 aromatic rings. The summed E-state index contributed by atoms with van der Waals surface area (Å²) >= 11 is 0. The molecule has 5 nitrogen and oxygen atoms in total. The van der Waals surface area contributed by atoms with Crippen molar-refractivity contribution in [3.8, 4) is 0 Å². The van der Waals surface area contributed by atoms with Gasteiger partial charge in [-0.25, -0.2) is 4.79 Å². The Morgan fingerprint density at radius 1 is 1.21 bits per heavy atom. The average molecular weight is 326 g/mol. The first-order valence-corrected chi connectivity index (χ1v) is 9.02. The maximum absolute atomic E-state index is 12.7. The summed E-state index contributed by atoms with van der Waals surface area (Å²) in [5.74, 6) is 0. The number of nitrogens with zero attached hydrogens (tertiary/aromatic N) is 3. The molecule has 1 N–H and O–H groups in total. The van der Waals surface area contributed by atoms with Gasteiger partial charge in [0.05, 0.1) is 5.52 Å². The topological polar surface area (TPSA) is 40.5 Å². The van der Waals surface area contributed by atoms with E-state index in [-0.39, 0.29) is 6.03 Å². The molecule has 3 heterocycles. The predicted molar refractivity (Wildman–Crippen MR) is 97.4 cm³/mol. The lowest BCUT2D eigenvalue weighted by atomic mass is 10.1. The fourth-order valence-corrected chi connectivity index (χ4v) is 4.23. The molecular formula is C19H26N4O. The van der Waals surface area contributed by atoms with Gasteiger partial charge in [-0.1, -0.05) is 6.07 Å².